The van der Waals surface area contributed by atoms with Crippen LogP contribution in [0.1, 0.15) is 21.5 Å². The molecule has 6 heteroatoms. The highest BCUT2D eigenvalue weighted by Crippen LogP contribution is 2.33. The van der Waals surface area contributed by atoms with Gasteiger partial charge in [0.25, 0.3) is 0 Å². The van der Waals surface area contributed by atoms with Crippen LogP contribution in [-0.2, 0) is 12.6 Å². The highest BCUT2D eigenvalue weighted by Gasteiger charge is 2.29. The molecule has 1 aromatic carbocycles. The normalized spacial score (nSPS) is 13.5. The maximum Gasteiger partial charge on any atom is 0.416 e. The van der Waals surface area contributed by atoms with Gasteiger partial charge in [0.1, 0.15) is 0 Å². The molecule has 1 unspecified atom stereocenters. The Balaban J connectivity index is 2.07. The van der Waals surface area contributed by atoms with Crippen LogP contribution in [0.4, 0.5) is 13.2 Å². The Morgan fingerprint density at radius 2 is 1.84 bits per heavy atom. The van der Waals surface area contributed by atoms with Gasteiger partial charge in [0.15, 0.2) is 0 Å². The van der Waals surface area contributed by atoms with Gasteiger partial charge in [0.2, 0.25) is 0 Å². The highest BCUT2D eigenvalue weighted by atomic mass is 127. The first kappa shape index (κ1) is 15.3. The van der Waals surface area contributed by atoms with E-state index >= 15 is 0 Å². The van der Waals surface area contributed by atoms with Crippen molar-refractivity contribution in [1.29, 1.82) is 0 Å². The number of thiophene rings is 1. The second-order valence-corrected chi connectivity index (χ2v) is 7.96. The predicted octanol–water partition coefficient (Wildman–Crippen LogP) is 6.05. The van der Waals surface area contributed by atoms with Gasteiger partial charge in [-0.05, 0) is 63.7 Å². The molecule has 0 N–H and O–H groups in total. The Labute approximate surface area is 135 Å². The molecule has 0 aliphatic rings. The Morgan fingerprint density at radius 1 is 1.21 bits per heavy atom. The molecule has 2 aromatic rings. The van der Waals surface area contributed by atoms with E-state index in [1.165, 1.54) is 15.0 Å². The molecular formula is C13H9BrF3IS. The molecule has 1 atom stereocenters. The quantitative estimate of drug-likeness (QED) is 0.386. The summed E-state index contributed by atoms with van der Waals surface area (Å²) >= 11 is 7.48. The van der Waals surface area contributed by atoms with Gasteiger partial charge in [-0.25, -0.2) is 0 Å². The van der Waals surface area contributed by atoms with Crippen molar-refractivity contribution in [2.24, 2.45) is 0 Å². The molecule has 0 fully saturated rings. The number of halogens is 5. The topological polar surface area (TPSA) is 0 Å². The van der Waals surface area contributed by atoms with Crippen LogP contribution in [-0.4, -0.2) is 0 Å². The molecule has 0 radical (unpaired) electrons. The van der Waals surface area contributed by atoms with Gasteiger partial charge < -0.3 is 0 Å². The van der Waals surface area contributed by atoms with Crippen molar-refractivity contribution in [3.8, 4) is 0 Å². The summed E-state index contributed by atoms with van der Waals surface area (Å²) < 4.78 is 38.5. The number of alkyl halides is 4. The fourth-order valence-electron chi connectivity index (χ4n) is 1.64. The van der Waals surface area contributed by atoms with E-state index in [1.807, 2.05) is 0 Å². The molecule has 0 spiro atoms. The number of hydrogen-bond acceptors (Lipinski definition) is 1. The molecule has 1 aromatic heterocycles. The van der Waals surface area contributed by atoms with Crippen molar-refractivity contribution >= 4 is 49.9 Å². The Morgan fingerprint density at radius 3 is 2.32 bits per heavy atom. The summed E-state index contributed by atoms with van der Waals surface area (Å²) in [7, 11) is 0. The molecule has 0 amide bonds. The van der Waals surface area contributed by atoms with Gasteiger partial charge in [-0.2, -0.15) is 13.2 Å². The van der Waals surface area contributed by atoms with Crippen LogP contribution in [0.2, 0.25) is 0 Å². The van der Waals surface area contributed by atoms with Gasteiger partial charge in [0.05, 0.1) is 8.45 Å². The predicted molar refractivity (Wildman–Crippen MR) is 83.9 cm³/mol. The van der Waals surface area contributed by atoms with E-state index in [0.717, 1.165) is 23.3 Å². The fraction of sp³-hybridized carbons (Fsp3) is 0.231. The summed E-state index contributed by atoms with van der Waals surface area (Å²) in [6.07, 6.45) is -3.60. The standard InChI is InChI=1S/C13H9BrF3IS/c14-11(9-6-12(18)19-7-9)5-8-1-3-10(4-2-8)13(15,16)17/h1-4,6-7,11H,5H2. The first-order chi connectivity index (χ1) is 8.86. The van der Waals surface area contributed by atoms with Crippen LogP contribution < -0.4 is 0 Å². The van der Waals surface area contributed by atoms with Gasteiger partial charge in [-0.1, -0.05) is 28.1 Å². The van der Waals surface area contributed by atoms with Crippen molar-refractivity contribution in [2.75, 3.05) is 0 Å². The summed E-state index contributed by atoms with van der Waals surface area (Å²) in [6, 6.07) is 7.41. The molecule has 0 bridgehead atoms. The fourth-order valence-corrected chi connectivity index (χ4v) is 3.88. The molecule has 1 heterocycles. The summed E-state index contributed by atoms with van der Waals surface area (Å²) in [5, 5.41) is 2.06. The smallest absolute Gasteiger partial charge is 0.166 e. The lowest BCUT2D eigenvalue weighted by molar-refractivity contribution is -0.137. The van der Waals surface area contributed by atoms with E-state index < -0.39 is 11.7 Å². The first-order valence-corrected chi connectivity index (χ1v) is 8.28. The summed E-state index contributed by atoms with van der Waals surface area (Å²) in [5.74, 6) is 0. The van der Waals surface area contributed by atoms with Crippen LogP contribution in [0.3, 0.4) is 0 Å². The zero-order chi connectivity index (χ0) is 14.0. The molecule has 0 nitrogen and oxygen atoms in total. The molecule has 0 aliphatic heterocycles. The van der Waals surface area contributed by atoms with Gasteiger partial charge in [-0.3, -0.25) is 0 Å². The Kier molecular flexibility index (Phi) is 4.94. The Hall–Kier alpha value is -0.0800. The number of rotatable bonds is 3. The second-order valence-electron chi connectivity index (χ2n) is 4.05. The van der Waals surface area contributed by atoms with E-state index in [2.05, 4.69) is 50.0 Å². The molecule has 0 saturated heterocycles. The molecule has 2 rings (SSSR count). The third kappa shape index (κ3) is 4.19. The molecular weight excluding hydrogens is 452 g/mol. The van der Waals surface area contributed by atoms with Gasteiger partial charge in [0, 0.05) is 4.83 Å². The van der Waals surface area contributed by atoms with Crippen molar-refractivity contribution in [3.63, 3.8) is 0 Å². The maximum atomic E-state index is 12.4. The molecule has 0 aliphatic carbocycles. The van der Waals surface area contributed by atoms with E-state index in [0.29, 0.717) is 6.42 Å². The van der Waals surface area contributed by atoms with E-state index in [1.54, 1.807) is 11.3 Å². The second kappa shape index (κ2) is 6.13. The largest absolute Gasteiger partial charge is 0.416 e. The van der Waals surface area contributed by atoms with E-state index in [4.69, 9.17) is 0 Å². The maximum absolute atomic E-state index is 12.4. The van der Waals surface area contributed by atoms with E-state index in [-0.39, 0.29) is 4.83 Å². The third-order valence-electron chi connectivity index (χ3n) is 2.65. The lowest BCUT2D eigenvalue weighted by Crippen LogP contribution is -2.04. The van der Waals surface area contributed by atoms with Crippen LogP contribution in [0.25, 0.3) is 0 Å². The zero-order valence-corrected chi connectivity index (χ0v) is 14.1. The lowest BCUT2D eigenvalue weighted by atomic mass is 10.0. The summed E-state index contributed by atoms with van der Waals surface area (Å²) in [4.78, 5) is 0.129. The van der Waals surface area contributed by atoms with Crippen molar-refractivity contribution in [3.05, 3.63) is 55.3 Å². The minimum absolute atomic E-state index is 0.129. The average molecular weight is 461 g/mol. The van der Waals surface area contributed by atoms with Crippen molar-refractivity contribution in [2.45, 2.75) is 17.4 Å². The van der Waals surface area contributed by atoms with Crippen LogP contribution in [0, 0.1) is 2.88 Å². The van der Waals surface area contributed by atoms with Crippen LogP contribution >= 0.6 is 49.9 Å². The van der Waals surface area contributed by atoms with Gasteiger partial charge in [-0.15, -0.1) is 11.3 Å². The van der Waals surface area contributed by atoms with Crippen LogP contribution in [0.5, 0.6) is 0 Å². The minimum atomic E-state index is -4.27. The number of benzene rings is 1. The van der Waals surface area contributed by atoms with Crippen LogP contribution in [0.15, 0.2) is 35.7 Å². The number of hydrogen-bond donors (Lipinski definition) is 0. The summed E-state index contributed by atoms with van der Waals surface area (Å²) in [5.41, 5.74) is 1.44. The molecule has 0 saturated carbocycles. The molecule has 102 valence electrons. The monoisotopic (exact) mass is 460 g/mol. The SMILES string of the molecule is FC(F)(F)c1ccc(CC(Br)c2csc(I)c2)cc1. The lowest BCUT2D eigenvalue weighted by Gasteiger charge is -2.10. The Bertz CT molecular complexity index is 548. The third-order valence-corrected chi connectivity index (χ3v) is 5.31. The van der Waals surface area contributed by atoms with Crippen molar-refractivity contribution < 1.29 is 13.2 Å². The first-order valence-electron chi connectivity index (χ1n) is 5.40. The molecule has 19 heavy (non-hydrogen) atoms. The highest BCUT2D eigenvalue weighted by molar-refractivity contribution is 14.1. The summed E-state index contributed by atoms with van der Waals surface area (Å²) in [6.45, 7) is 0. The van der Waals surface area contributed by atoms with Crippen molar-refractivity contribution in [1.82, 2.24) is 0 Å². The van der Waals surface area contributed by atoms with Gasteiger partial charge >= 0.3 is 6.18 Å². The minimum Gasteiger partial charge on any atom is -0.166 e. The van der Waals surface area contributed by atoms with E-state index in [9.17, 15) is 13.2 Å². The zero-order valence-electron chi connectivity index (χ0n) is 9.55. The average Bonchev–Trinajstić information content (AvgIpc) is 2.75.